The normalized spacial score (nSPS) is 18.3. The first-order valence-electron chi connectivity index (χ1n) is 4.84. The summed E-state index contributed by atoms with van der Waals surface area (Å²) in [5, 5.41) is 0. The van der Waals surface area contributed by atoms with Crippen LogP contribution < -0.4 is 0 Å². The number of ether oxygens (including phenoxy) is 1. The van der Waals surface area contributed by atoms with Crippen LogP contribution in [0, 0.1) is 0 Å². The molecule has 2 heteroatoms. The summed E-state index contributed by atoms with van der Waals surface area (Å²) in [4.78, 5) is 11.5. The van der Waals surface area contributed by atoms with Crippen molar-refractivity contribution in [3.8, 4) is 0 Å². The Morgan fingerprint density at radius 1 is 1.20 bits per heavy atom. The lowest BCUT2D eigenvalue weighted by molar-refractivity contribution is -0.135. The highest BCUT2D eigenvalue weighted by molar-refractivity contribution is 5.94. The average molecular weight is 200 g/mol. The second-order valence-corrected chi connectivity index (χ2v) is 3.43. The molecular formula is C13H12O2. The van der Waals surface area contributed by atoms with Gasteiger partial charge < -0.3 is 4.74 Å². The SMILES string of the molecule is COC(=O)C1=CC=CC2=CC=CC=C1C2. The fourth-order valence-electron chi connectivity index (χ4n) is 1.67. The first-order valence-corrected chi connectivity index (χ1v) is 4.84. The number of carbonyl (C=O) groups is 1. The molecule has 0 fully saturated rings. The molecule has 2 aliphatic rings. The van der Waals surface area contributed by atoms with Crippen LogP contribution in [0.2, 0.25) is 0 Å². The van der Waals surface area contributed by atoms with Crippen LogP contribution in [0.4, 0.5) is 0 Å². The summed E-state index contributed by atoms with van der Waals surface area (Å²) >= 11 is 0. The highest BCUT2D eigenvalue weighted by Gasteiger charge is 2.16. The second-order valence-electron chi connectivity index (χ2n) is 3.43. The standard InChI is InChI=1S/C13H12O2/c1-15-13(14)12-8-4-6-10-5-2-3-7-11(12)9-10/h2-8H,9H2,1H3. The number of hydrogen-bond acceptors (Lipinski definition) is 2. The molecule has 0 aliphatic heterocycles. The van der Waals surface area contributed by atoms with Crippen molar-refractivity contribution in [1.82, 2.24) is 0 Å². The molecule has 0 N–H and O–H groups in total. The Balaban J connectivity index is 2.42. The van der Waals surface area contributed by atoms with Crippen LogP contribution in [0.5, 0.6) is 0 Å². The van der Waals surface area contributed by atoms with Gasteiger partial charge in [0.15, 0.2) is 0 Å². The minimum atomic E-state index is -0.276. The summed E-state index contributed by atoms with van der Waals surface area (Å²) in [6, 6.07) is 0. The van der Waals surface area contributed by atoms with Crippen molar-refractivity contribution >= 4 is 5.97 Å². The highest BCUT2D eigenvalue weighted by atomic mass is 16.5. The van der Waals surface area contributed by atoms with Crippen LogP contribution in [0.25, 0.3) is 0 Å². The Hall–Kier alpha value is -1.83. The van der Waals surface area contributed by atoms with Gasteiger partial charge in [0.05, 0.1) is 12.7 Å². The van der Waals surface area contributed by atoms with Gasteiger partial charge in [-0.05, 0) is 23.6 Å². The van der Waals surface area contributed by atoms with Crippen molar-refractivity contribution in [3.05, 3.63) is 59.3 Å². The molecule has 0 aromatic rings. The Morgan fingerprint density at radius 3 is 2.80 bits per heavy atom. The van der Waals surface area contributed by atoms with Crippen LogP contribution in [0.1, 0.15) is 6.42 Å². The van der Waals surface area contributed by atoms with E-state index in [4.69, 9.17) is 4.74 Å². The van der Waals surface area contributed by atoms with E-state index in [-0.39, 0.29) is 5.97 Å². The molecule has 2 nitrogen and oxygen atoms in total. The van der Waals surface area contributed by atoms with Gasteiger partial charge in [-0.15, -0.1) is 0 Å². The van der Waals surface area contributed by atoms with E-state index in [1.807, 2.05) is 36.5 Å². The van der Waals surface area contributed by atoms with Crippen molar-refractivity contribution in [2.45, 2.75) is 6.42 Å². The number of rotatable bonds is 1. The first-order chi connectivity index (χ1) is 7.31. The zero-order valence-corrected chi connectivity index (χ0v) is 8.57. The fraction of sp³-hybridized carbons (Fsp3) is 0.154. The lowest BCUT2D eigenvalue weighted by Crippen LogP contribution is -2.06. The molecule has 0 heterocycles. The fourth-order valence-corrected chi connectivity index (χ4v) is 1.67. The molecular weight excluding hydrogens is 188 g/mol. The van der Waals surface area contributed by atoms with Gasteiger partial charge in [0.1, 0.15) is 0 Å². The summed E-state index contributed by atoms with van der Waals surface area (Å²) in [6.45, 7) is 0. The van der Waals surface area contributed by atoms with Crippen molar-refractivity contribution in [3.63, 3.8) is 0 Å². The van der Waals surface area contributed by atoms with Crippen molar-refractivity contribution < 1.29 is 9.53 Å². The molecule has 2 aliphatic carbocycles. The van der Waals surface area contributed by atoms with E-state index in [1.165, 1.54) is 12.7 Å². The zero-order valence-electron chi connectivity index (χ0n) is 8.57. The second kappa shape index (κ2) is 4.13. The summed E-state index contributed by atoms with van der Waals surface area (Å²) in [6.07, 6.45) is 14.4. The van der Waals surface area contributed by atoms with Gasteiger partial charge in [0.25, 0.3) is 0 Å². The number of hydrogen-bond donors (Lipinski definition) is 0. The molecule has 15 heavy (non-hydrogen) atoms. The average Bonchev–Trinajstić information content (AvgIpc) is 2.60. The van der Waals surface area contributed by atoms with E-state index < -0.39 is 0 Å². The van der Waals surface area contributed by atoms with Gasteiger partial charge in [-0.2, -0.15) is 0 Å². The predicted octanol–water partition coefficient (Wildman–Crippen LogP) is 2.47. The van der Waals surface area contributed by atoms with E-state index in [0.717, 1.165) is 12.0 Å². The summed E-state index contributed by atoms with van der Waals surface area (Å²) < 4.78 is 4.75. The third kappa shape index (κ3) is 1.99. The molecule has 0 radical (unpaired) electrons. The highest BCUT2D eigenvalue weighted by Crippen LogP contribution is 2.26. The maximum atomic E-state index is 11.5. The van der Waals surface area contributed by atoms with Gasteiger partial charge >= 0.3 is 5.97 Å². The van der Waals surface area contributed by atoms with Gasteiger partial charge in [0, 0.05) is 0 Å². The van der Waals surface area contributed by atoms with E-state index in [0.29, 0.717) is 5.57 Å². The smallest absolute Gasteiger partial charge is 0.338 e. The van der Waals surface area contributed by atoms with Gasteiger partial charge in [-0.1, -0.05) is 36.5 Å². The largest absolute Gasteiger partial charge is 0.465 e. The number of methoxy groups -OCH3 is 1. The Bertz CT molecular complexity index is 431. The van der Waals surface area contributed by atoms with E-state index in [9.17, 15) is 4.79 Å². The van der Waals surface area contributed by atoms with E-state index in [2.05, 4.69) is 0 Å². The van der Waals surface area contributed by atoms with Crippen LogP contribution in [0.15, 0.2) is 59.3 Å². The lowest BCUT2D eigenvalue weighted by atomic mass is 10.0. The third-order valence-corrected chi connectivity index (χ3v) is 2.44. The number of fused-ring (bicyclic) bond motifs is 2. The van der Waals surface area contributed by atoms with Crippen molar-refractivity contribution in [2.75, 3.05) is 7.11 Å². The molecule has 0 spiro atoms. The minimum absolute atomic E-state index is 0.276. The molecule has 0 aromatic carbocycles. The Kier molecular flexibility index (Phi) is 2.68. The predicted molar refractivity (Wildman–Crippen MR) is 59.2 cm³/mol. The van der Waals surface area contributed by atoms with E-state index in [1.54, 1.807) is 6.08 Å². The van der Waals surface area contributed by atoms with Crippen LogP contribution in [-0.4, -0.2) is 13.1 Å². The van der Waals surface area contributed by atoms with Crippen molar-refractivity contribution in [1.29, 1.82) is 0 Å². The summed E-state index contributed by atoms with van der Waals surface area (Å²) in [5.74, 6) is -0.276. The van der Waals surface area contributed by atoms with Crippen molar-refractivity contribution in [2.24, 2.45) is 0 Å². The minimum Gasteiger partial charge on any atom is -0.465 e. The molecule has 2 bridgehead atoms. The van der Waals surface area contributed by atoms with E-state index >= 15 is 0 Å². The maximum Gasteiger partial charge on any atom is 0.338 e. The third-order valence-electron chi connectivity index (χ3n) is 2.44. The first kappa shape index (κ1) is 9.71. The molecule has 0 saturated carbocycles. The molecule has 0 saturated heterocycles. The summed E-state index contributed by atoms with van der Waals surface area (Å²) in [7, 11) is 1.40. The maximum absolute atomic E-state index is 11.5. The van der Waals surface area contributed by atoms with Crippen LogP contribution in [-0.2, 0) is 9.53 Å². The summed E-state index contributed by atoms with van der Waals surface area (Å²) in [5.41, 5.74) is 2.85. The quantitative estimate of drug-likeness (QED) is 0.608. The molecule has 0 amide bonds. The molecule has 2 rings (SSSR count). The van der Waals surface area contributed by atoms with Gasteiger partial charge in [-0.25, -0.2) is 4.79 Å². The Morgan fingerprint density at radius 2 is 2.00 bits per heavy atom. The number of allylic oxidation sites excluding steroid dienone is 8. The number of esters is 1. The topological polar surface area (TPSA) is 26.3 Å². The zero-order chi connectivity index (χ0) is 10.7. The van der Waals surface area contributed by atoms with Gasteiger partial charge in [0.2, 0.25) is 0 Å². The Labute approximate surface area is 88.9 Å². The molecule has 76 valence electrons. The molecule has 0 unspecified atom stereocenters. The van der Waals surface area contributed by atoms with Crippen LogP contribution in [0.3, 0.4) is 0 Å². The number of carbonyl (C=O) groups excluding carboxylic acids is 1. The lowest BCUT2D eigenvalue weighted by Gasteiger charge is -2.07. The monoisotopic (exact) mass is 200 g/mol. The molecule has 0 aromatic heterocycles. The molecule has 0 atom stereocenters. The van der Waals surface area contributed by atoms with Crippen LogP contribution >= 0.6 is 0 Å². The van der Waals surface area contributed by atoms with Gasteiger partial charge in [-0.3, -0.25) is 0 Å².